The molecule has 0 aliphatic carbocycles. The number of nitrogens with one attached hydrogen (secondary N) is 1. The fraction of sp³-hybridized carbons (Fsp3) is 0.154. The quantitative estimate of drug-likeness (QED) is 0.234. The normalized spacial score (nSPS) is 17.6. The molecule has 2 unspecified atom stereocenters. The summed E-state index contributed by atoms with van der Waals surface area (Å²) in [7, 11) is 0. The zero-order valence-corrected chi connectivity index (χ0v) is 19.6. The molecule has 2 aromatic heterocycles. The minimum Gasteiger partial charge on any atom is -0.351 e. The van der Waals surface area contributed by atoms with Gasteiger partial charge in [0, 0.05) is 35.9 Å². The van der Waals surface area contributed by atoms with Crippen molar-refractivity contribution in [3.05, 3.63) is 118 Å². The van der Waals surface area contributed by atoms with Crippen LogP contribution in [0.4, 0.5) is 11.4 Å². The first kappa shape index (κ1) is 21.8. The molecule has 7 nitrogen and oxygen atoms in total. The maximum Gasteiger partial charge on any atom is 0.271 e. The van der Waals surface area contributed by atoms with E-state index in [0.29, 0.717) is 10.8 Å². The van der Waals surface area contributed by atoms with Gasteiger partial charge in [0.05, 0.1) is 22.3 Å². The number of nitrogens with zero attached hydrogens (tertiary/aromatic N) is 4. The summed E-state index contributed by atoms with van der Waals surface area (Å²) in [6, 6.07) is 22.4. The average molecular weight is 470 g/mol. The highest BCUT2D eigenvalue weighted by Gasteiger charge is 2.42. The van der Waals surface area contributed by atoms with Crippen LogP contribution in [0.5, 0.6) is 0 Å². The van der Waals surface area contributed by atoms with Crippen molar-refractivity contribution in [2.45, 2.75) is 25.9 Å². The van der Waals surface area contributed by atoms with Crippen LogP contribution in [0.15, 0.2) is 85.2 Å². The lowest BCUT2D eigenvalue weighted by molar-refractivity contribution is -0.384. The lowest BCUT2D eigenvalue weighted by Gasteiger charge is -2.29. The molecule has 0 radical (unpaired) electrons. The lowest BCUT2D eigenvalue weighted by Crippen LogP contribution is -2.30. The second-order valence-corrected chi connectivity index (χ2v) is 8.81. The third-order valence-corrected chi connectivity index (χ3v) is 6.30. The van der Waals surface area contributed by atoms with Gasteiger partial charge >= 0.3 is 0 Å². The van der Waals surface area contributed by atoms with E-state index in [2.05, 4.69) is 47.2 Å². The van der Waals surface area contributed by atoms with E-state index >= 15 is 0 Å². The number of thiocarbonyl (C=S) groups is 1. The molecule has 0 amide bonds. The smallest absolute Gasteiger partial charge is 0.271 e. The maximum atomic E-state index is 11.4. The number of non-ortho nitro benzene ring substituents is 1. The van der Waals surface area contributed by atoms with Crippen LogP contribution in [0.25, 0.3) is 5.69 Å². The van der Waals surface area contributed by atoms with Crippen molar-refractivity contribution in [1.29, 1.82) is 0 Å². The first-order valence-corrected chi connectivity index (χ1v) is 11.3. The number of anilines is 1. The van der Waals surface area contributed by atoms with Crippen LogP contribution in [0.1, 0.15) is 34.6 Å². The molecular formula is C26H23N5O2S. The molecule has 1 saturated heterocycles. The molecule has 5 rings (SSSR count). The minimum absolute atomic E-state index is 0.0460. The summed E-state index contributed by atoms with van der Waals surface area (Å²) in [4.78, 5) is 17.8. The van der Waals surface area contributed by atoms with Gasteiger partial charge in [0.2, 0.25) is 0 Å². The number of hydrogen-bond acceptors (Lipinski definition) is 4. The van der Waals surface area contributed by atoms with Gasteiger partial charge in [-0.3, -0.25) is 15.1 Å². The monoisotopic (exact) mass is 469 g/mol. The Bertz CT molecular complexity index is 1360. The third kappa shape index (κ3) is 3.92. The summed E-state index contributed by atoms with van der Waals surface area (Å²) < 4.78 is 1.98. The van der Waals surface area contributed by atoms with E-state index in [1.807, 2.05) is 47.2 Å². The van der Waals surface area contributed by atoms with E-state index in [1.165, 1.54) is 6.07 Å². The summed E-state index contributed by atoms with van der Waals surface area (Å²) in [5, 5.41) is 15.5. The first-order valence-electron chi connectivity index (χ1n) is 10.9. The molecule has 34 heavy (non-hydrogen) atoms. The van der Waals surface area contributed by atoms with Crippen LogP contribution in [0.2, 0.25) is 0 Å². The molecule has 0 spiro atoms. The number of rotatable bonds is 5. The first-order chi connectivity index (χ1) is 16.4. The van der Waals surface area contributed by atoms with Gasteiger partial charge in [-0.1, -0.05) is 18.2 Å². The van der Waals surface area contributed by atoms with Crippen molar-refractivity contribution in [2.75, 3.05) is 4.90 Å². The van der Waals surface area contributed by atoms with Crippen molar-refractivity contribution < 1.29 is 4.92 Å². The summed E-state index contributed by atoms with van der Waals surface area (Å²) in [5.74, 6) is 0. The summed E-state index contributed by atoms with van der Waals surface area (Å²) in [6.45, 7) is 4.14. The minimum atomic E-state index is -0.378. The fourth-order valence-corrected chi connectivity index (χ4v) is 5.00. The van der Waals surface area contributed by atoms with E-state index < -0.39 is 0 Å². The van der Waals surface area contributed by atoms with Crippen molar-refractivity contribution >= 4 is 28.7 Å². The molecule has 0 bridgehead atoms. The second kappa shape index (κ2) is 8.72. The highest BCUT2D eigenvalue weighted by atomic mass is 32.1. The summed E-state index contributed by atoms with van der Waals surface area (Å²) in [5.41, 5.74) is 5.86. The van der Waals surface area contributed by atoms with Crippen molar-refractivity contribution in [3.63, 3.8) is 0 Å². The number of hydrogen-bond donors (Lipinski definition) is 1. The molecule has 2 atom stereocenters. The van der Waals surface area contributed by atoms with Gasteiger partial charge in [0.15, 0.2) is 5.11 Å². The highest BCUT2D eigenvalue weighted by molar-refractivity contribution is 7.80. The molecule has 1 aliphatic rings. The predicted molar refractivity (Wildman–Crippen MR) is 136 cm³/mol. The van der Waals surface area contributed by atoms with Crippen LogP contribution >= 0.6 is 12.2 Å². The Morgan fingerprint density at radius 1 is 0.971 bits per heavy atom. The van der Waals surface area contributed by atoms with Gasteiger partial charge in [-0.25, -0.2) is 0 Å². The summed E-state index contributed by atoms with van der Waals surface area (Å²) >= 11 is 5.84. The van der Waals surface area contributed by atoms with Gasteiger partial charge in [-0.2, -0.15) is 0 Å². The number of aromatic nitrogens is 2. The van der Waals surface area contributed by atoms with Crippen LogP contribution in [-0.2, 0) is 0 Å². The Balaban J connectivity index is 1.68. The lowest BCUT2D eigenvalue weighted by atomic mass is 10.00. The Morgan fingerprint density at radius 3 is 2.47 bits per heavy atom. The molecule has 170 valence electrons. The third-order valence-electron chi connectivity index (χ3n) is 5.98. The largest absolute Gasteiger partial charge is 0.351 e. The Kier molecular flexibility index (Phi) is 5.59. The molecular weight excluding hydrogens is 446 g/mol. The van der Waals surface area contributed by atoms with E-state index in [9.17, 15) is 10.1 Å². The zero-order valence-electron chi connectivity index (χ0n) is 18.8. The number of aryl methyl sites for hydroxylation is 2. The van der Waals surface area contributed by atoms with E-state index in [0.717, 1.165) is 28.2 Å². The number of nitro benzene ring substituents is 1. The van der Waals surface area contributed by atoms with Gasteiger partial charge in [0.25, 0.3) is 5.69 Å². The Morgan fingerprint density at radius 2 is 1.76 bits per heavy atom. The van der Waals surface area contributed by atoms with E-state index in [1.54, 1.807) is 18.3 Å². The second-order valence-electron chi connectivity index (χ2n) is 8.42. The molecule has 8 heteroatoms. The molecule has 1 aliphatic heterocycles. The summed E-state index contributed by atoms with van der Waals surface area (Å²) in [6.07, 6.45) is 3.70. The van der Waals surface area contributed by atoms with Gasteiger partial charge in [-0.15, -0.1) is 0 Å². The molecule has 1 fully saturated rings. The SMILES string of the molecule is Cc1cc(C)cc(N2C(=S)NC(c3ccccn3)C2c2cccn2-c2cccc([N+](=O)[O-])c2)c1. The van der Waals surface area contributed by atoms with Crippen LogP contribution < -0.4 is 10.2 Å². The van der Waals surface area contributed by atoms with E-state index in [-0.39, 0.29) is 22.7 Å². The molecule has 2 aromatic carbocycles. The topological polar surface area (TPSA) is 76.2 Å². The highest BCUT2D eigenvalue weighted by Crippen LogP contribution is 2.42. The van der Waals surface area contributed by atoms with Gasteiger partial charge in [-0.05, 0) is 79.7 Å². The van der Waals surface area contributed by atoms with Gasteiger partial charge in [0.1, 0.15) is 6.04 Å². The van der Waals surface area contributed by atoms with Crippen LogP contribution in [0.3, 0.4) is 0 Å². The van der Waals surface area contributed by atoms with Crippen LogP contribution in [0, 0.1) is 24.0 Å². The van der Waals surface area contributed by atoms with Gasteiger partial charge < -0.3 is 14.8 Å². The average Bonchev–Trinajstić information content (AvgIpc) is 3.43. The van der Waals surface area contributed by atoms with Crippen molar-refractivity contribution in [3.8, 4) is 5.69 Å². The van der Waals surface area contributed by atoms with E-state index in [4.69, 9.17) is 12.2 Å². The fourth-order valence-electron chi connectivity index (χ4n) is 4.65. The van der Waals surface area contributed by atoms with Crippen molar-refractivity contribution in [2.24, 2.45) is 0 Å². The molecule has 0 saturated carbocycles. The number of pyridine rings is 1. The standard InChI is InChI=1S/C26H23N5O2S/c1-17-13-18(2)15-21(14-17)30-25(24(28-26(30)34)22-9-3-4-11-27-22)23-10-6-12-29(23)19-7-5-8-20(16-19)31(32)33/h3-16,24-25H,1-2H3,(H,28,34). The van der Waals surface area contributed by atoms with Crippen molar-refractivity contribution in [1.82, 2.24) is 14.9 Å². The number of benzene rings is 2. The Labute approximate surface area is 202 Å². The predicted octanol–water partition coefficient (Wildman–Crippen LogP) is 5.57. The van der Waals surface area contributed by atoms with Crippen LogP contribution in [-0.4, -0.2) is 19.6 Å². The molecule has 4 aromatic rings. The molecule has 1 N–H and O–H groups in total. The maximum absolute atomic E-state index is 11.4. The number of nitro groups is 1. The Hall–Kier alpha value is -4.04. The molecule has 3 heterocycles. The zero-order chi connectivity index (χ0) is 23.8.